The zero-order valence-corrected chi connectivity index (χ0v) is 11.4. The van der Waals surface area contributed by atoms with Crippen molar-refractivity contribution in [2.24, 2.45) is 0 Å². The normalized spacial score (nSPS) is 16.9. The summed E-state index contributed by atoms with van der Waals surface area (Å²) in [6.07, 6.45) is 11.4. The van der Waals surface area contributed by atoms with Crippen molar-refractivity contribution < 1.29 is 0 Å². The minimum absolute atomic E-state index is 0.563. The van der Waals surface area contributed by atoms with E-state index in [0.29, 0.717) is 6.04 Å². The molecule has 5 nitrogen and oxygen atoms in total. The third-order valence-electron chi connectivity index (χ3n) is 3.75. The van der Waals surface area contributed by atoms with Crippen LogP contribution in [0.2, 0.25) is 0 Å². The average Bonchev–Trinajstić information content (AvgIpc) is 3.08. The molecule has 1 saturated heterocycles. The third-order valence-corrected chi connectivity index (χ3v) is 3.75. The molecule has 0 saturated carbocycles. The predicted octanol–water partition coefficient (Wildman–Crippen LogP) is 2.08. The van der Waals surface area contributed by atoms with Gasteiger partial charge in [-0.1, -0.05) is 6.92 Å². The molecule has 1 aliphatic rings. The number of hydrogen-bond donors (Lipinski definition) is 1. The van der Waals surface area contributed by atoms with Crippen molar-refractivity contribution in [2.75, 3.05) is 13.1 Å². The molecule has 1 aliphatic heterocycles. The van der Waals surface area contributed by atoms with Gasteiger partial charge in [0.25, 0.3) is 0 Å². The first kappa shape index (κ1) is 12.4. The summed E-state index contributed by atoms with van der Waals surface area (Å²) in [6, 6.07) is 0.563. The van der Waals surface area contributed by atoms with Crippen molar-refractivity contribution in [1.29, 1.82) is 0 Å². The molecular weight excluding hydrogens is 238 g/mol. The highest BCUT2D eigenvalue weighted by Gasteiger charge is 2.18. The van der Waals surface area contributed by atoms with Gasteiger partial charge < -0.3 is 9.88 Å². The van der Waals surface area contributed by atoms with Gasteiger partial charge in [0.15, 0.2) is 0 Å². The molecule has 19 heavy (non-hydrogen) atoms. The van der Waals surface area contributed by atoms with E-state index < -0.39 is 0 Å². The number of imidazole rings is 1. The number of nitrogens with one attached hydrogen (secondary N) is 1. The first-order valence-corrected chi connectivity index (χ1v) is 7.14. The molecule has 102 valence electrons. The van der Waals surface area contributed by atoms with Crippen molar-refractivity contribution in [3.8, 4) is 11.3 Å². The fourth-order valence-electron chi connectivity index (χ4n) is 2.75. The van der Waals surface area contributed by atoms with Crippen LogP contribution < -0.4 is 5.32 Å². The van der Waals surface area contributed by atoms with Gasteiger partial charge in [-0.2, -0.15) is 5.10 Å². The minimum Gasteiger partial charge on any atom is -0.327 e. The maximum atomic E-state index is 4.41. The van der Waals surface area contributed by atoms with Crippen LogP contribution in [0, 0.1) is 0 Å². The molecule has 0 aromatic carbocycles. The SMILES string of the molecule is CCCn1cc(-c2cncn2C2CCNCC2)cn1. The Morgan fingerprint density at radius 3 is 2.95 bits per heavy atom. The van der Waals surface area contributed by atoms with Crippen LogP contribution in [0.3, 0.4) is 0 Å². The first-order chi connectivity index (χ1) is 9.38. The Hall–Kier alpha value is -1.62. The van der Waals surface area contributed by atoms with Gasteiger partial charge in [-0.05, 0) is 32.4 Å². The highest BCUT2D eigenvalue weighted by atomic mass is 15.3. The van der Waals surface area contributed by atoms with E-state index in [1.165, 1.54) is 24.1 Å². The lowest BCUT2D eigenvalue weighted by atomic mass is 10.1. The lowest BCUT2D eigenvalue weighted by molar-refractivity contribution is 0.370. The minimum atomic E-state index is 0.563. The average molecular weight is 259 g/mol. The van der Waals surface area contributed by atoms with E-state index in [9.17, 15) is 0 Å². The van der Waals surface area contributed by atoms with Crippen molar-refractivity contribution >= 4 is 0 Å². The number of aromatic nitrogens is 4. The van der Waals surface area contributed by atoms with Gasteiger partial charge in [-0.15, -0.1) is 0 Å². The van der Waals surface area contributed by atoms with Crippen LogP contribution in [0.25, 0.3) is 11.3 Å². The zero-order chi connectivity index (χ0) is 13.1. The molecule has 3 rings (SSSR count). The summed E-state index contributed by atoms with van der Waals surface area (Å²) >= 11 is 0. The molecule has 0 spiro atoms. The molecule has 2 aromatic rings. The monoisotopic (exact) mass is 259 g/mol. The topological polar surface area (TPSA) is 47.7 Å². The molecular formula is C14H21N5. The van der Waals surface area contributed by atoms with Crippen LogP contribution in [0.5, 0.6) is 0 Å². The van der Waals surface area contributed by atoms with Gasteiger partial charge in [0.05, 0.1) is 24.4 Å². The summed E-state index contributed by atoms with van der Waals surface area (Å²) in [7, 11) is 0. The van der Waals surface area contributed by atoms with E-state index in [1.807, 2.05) is 23.4 Å². The van der Waals surface area contributed by atoms with Crippen molar-refractivity contribution in [1.82, 2.24) is 24.6 Å². The van der Waals surface area contributed by atoms with Crippen molar-refractivity contribution in [2.45, 2.75) is 38.8 Å². The van der Waals surface area contributed by atoms with E-state index in [1.54, 1.807) is 0 Å². The van der Waals surface area contributed by atoms with Crippen LogP contribution in [0.4, 0.5) is 0 Å². The maximum absolute atomic E-state index is 4.41. The van der Waals surface area contributed by atoms with E-state index in [-0.39, 0.29) is 0 Å². The van der Waals surface area contributed by atoms with Gasteiger partial charge in [0.1, 0.15) is 0 Å². The van der Waals surface area contributed by atoms with E-state index in [0.717, 1.165) is 26.1 Å². The fourth-order valence-corrected chi connectivity index (χ4v) is 2.75. The Bertz CT molecular complexity index is 521. The van der Waals surface area contributed by atoms with Gasteiger partial charge in [-0.25, -0.2) is 4.98 Å². The van der Waals surface area contributed by atoms with E-state index >= 15 is 0 Å². The molecule has 0 atom stereocenters. The number of aryl methyl sites for hydroxylation is 1. The number of nitrogens with zero attached hydrogens (tertiary/aromatic N) is 4. The summed E-state index contributed by atoms with van der Waals surface area (Å²) < 4.78 is 4.32. The molecule has 5 heteroatoms. The quantitative estimate of drug-likeness (QED) is 0.914. The summed E-state index contributed by atoms with van der Waals surface area (Å²) in [5.74, 6) is 0. The summed E-state index contributed by atoms with van der Waals surface area (Å²) in [6.45, 7) is 5.33. The highest BCUT2D eigenvalue weighted by molar-refractivity contribution is 5.56. The fraction of sp³-hybridized carbons (Fsp3) is 0.571. The van der Waals surface area contributed by atoms with E-state index in [4.69, 9.17) is 0 Å². The molecule has 0 unspecified atom stereocenters. The summed E-state index contributed by atoms with van der Waals surface area (Å²) in [5, 5.41) is 7.82. The second kappa shape index (κ2) is 5.57. The van der Waals surface area contributed by atoms with Crippen LogP contribution >= 0.6 is 0 Å². The van der Waals surface area contributed by atoms with Crippen molar-refractivity contribution in [3.63, 3.8) is 0 Å². The Balaban J connectivity index is 1.85. The van der Waals surface area contributed by atoms with Gasteiger partial charge >= 0.3 is 0 Å². The molecule has 2 aromatic heterocycles. The number of piperidine rings is 1. The van der Waals surface area contributed by atoms with E-state index in [2.05, 4.69) is 33.1 Å². The summed E-state index contributed by atoms with van der Waals surface area (Å²) in [5.41, 5.74) is 2.36. The number of rotatable bonds is 4. The van der Waals surface area contributed by atoms with Crippen LogP contribution in [0.1, 0.15) is 32.2 Å². The van der Waals surface area contributed by atoms with Crippen molar-refractivity contribution in [3.05, 3.63) is 24.9 Å². The van der Waals surface area contributed by atoms with Gasteiger partial charge in [0.2, 0.25) is 0 Å². The largest absolute Gasteiger partial charge is 0.327 e. The third kappa shape index (κ3) is 2.56. The Kier molecular flexibility index (Phi) is 3.64. The van der Waals surface area contributed by atoms with Gasteiger partial charge in [0, 0.05) is 24.3 Å². The molecule has 0 bridgehead atoms. The Labute approximate surface area is 113 Å². The van der Waals surface area contributed by atoms with Gasteiger partial charge in [-0.3, -0.25) is 4.68 Å². The second-order valence-corrected chi connectivity index (χ2v) is 5.16. The summed E-state index contributed by atoms with van der Waals surface area (Å²) in [4.78, 5) is 4.33. The van der Waals surface area contributed by atoms with Crippen LogP contribution in [0.15, 0.2) is 24.9 Å². The molecule has 0 aliphatic carbocycles. The standard InChI is InChI=1S/C14H21N5/c1-2-7-18-10-12(8-17-18)14-9-16-11-19(14)13-3-5-15-6-4-13/h8-11,13,15H,2-7H2,1H3. The lowest BCUT2D eigenvalue weighted by Gasteiger charge is -2.25. The first-order valence-electron chi connectivity index (χ1n) is 7.14. The van der Waals surface area contributed by atoms with Crippen LogP contribution in [-0.2, 0) is 6.54 Å². The van der Waals surface area contributed by atoms with Crippen LogP contribution in [-0.4, -0.2) is 32.4 Å². The smallest absolute Gasteiger partial charge is 0.0953 e. The maximum Gasteiger partial charge on any atom is 0.0953 e. The predicted molar refractivity (Wildman–Crippen MR) is 74.9 cm³/mol. The highest BCUT2D eigenvalue weighted by Crippen LogP contribution is 2.26. The second-order valence-electron chi connectivity index (χ2n) is 5.16. The molecule has 1 fully saturated rings. The Morgan fingerprint density at radius 1 is 1.32 bits per heavy atom. The molecule has 0 radical (unpaired) electrons. The zero-order valence-electron chi connectivity index (χ0n) is 11.4. The number of hydrogen-bond acceptors (Lipinski definition) is 3. The Morgan fingerprint density at radius 2 is 2.16 bits per heavy atom. The molecule has 0 amide bonds. The molecule has 1 N–H and O–H groups in total. The molecule has 3 heterocycles. The lowest BCUT2D eigenvalue weighted by Crippen LogP contribution is -2.29.